The number of aromatic nitrogens is 2. The van der Waals surface area contributed by atoms with Crippen LogP contribution in [0.4, 0.5) is 5.82 Å². The highest BCUT2D eigenvalue weighted by molar-refractivity contribution is 6.30. The predicted molar refractivity (Wildman–Crippen MR) is 113 cm³/mol. The quantitative estimate of drug-likeness (QED) is 0.499. The van der Waals surface area contributed by atoms with Crippen LogP contribution in [0.25, 0.3) is 0 Å². The second-order valence-electron chi connectivity index (χ2n) is 6.70. The highest BCUT2D eigenvalue weighted by Crippen LogP contribution is 2.11. The number of anilines is 1. The van der Waals surface area contributed by atoms with Crippen LogP contribution in [0, 0.1) is 0 Å². The minimum atomic E-state index is -0.407. The number of aliphatic hydroxyl groups is 1. The summed E-state index contributed by atoms with van der Waals surface area (Å²) in [6, 6.07) is 9.25. The van der Waals surface area contributed by atoms with Gasteiger partial charge in [-0.05, 0) is 43.5 Å². The Kier molecular flexibility index (Phi) is 9.27. The van der Waals surface area contributed by atoms with Crippen molar-refractivity contribution in [2.24, 2.45) is 0 Å². The molecule has 1 aromatic carbocycles. The van der Waals surface area contributed by atoms with E-state index in [1.807, 2.05) is 31.2 Å². The number of nitrogens with zero attached hydrogens (tertiary/aromatic N) is 2. The van der Waals surface area contributed by atoms with Gasteiger partial charge in [0.15, 0.2) is 0 Å². The fourth-order valence-electron chi connectivity index (χ4n) is 3.09. The molecule has 0 atom stereocenters. The largest absolute Gasteiger partial charge is 0.395 e. The van der Waals surface area contributed by atoms with Crippen molar-refractivity contribution >= 4 is 17.4 Å². The first-order chi connectivity index (χ1) is 13.5. The number of aryl methyl sites for hydroxylation is 1. The zero-order valence-corrected chi connectivity index (χ0v) is 17.0. The summed E-state index contributed by atoms with van der Waals surface area (Å²) in [6.07, 6.45) is 2.70. The van der Waals surface area contributed by atoms with Gasteiger partial charge < -0.3 is 10.4 Å². The highest BCUT2D eigenvalue weighted by Gasteiger charge is 2.08. The Balaban J connectivity index is 1.86. The van der Waals surface area contributed by atoms with E-state index in [0.29, 0.717) is 32.0 Å². The van der Waals surface area contributed by atoms with Crippen LogP contribution < -0.4 is 16.6 Å². The van der Waals surface area contributed by atoms with Crippen LogP contribution in [0.3, 0.4) is 0 Å². The van der Waals surface area contributed by atoms with E-state index in [1.54, 1.807) is 0 Å². The van der Waals surface area contributed by atoms with E-state index in [4.69, 9.17) is 11.6 Å². The molecule has 1 aromatic heterocycles. The number of aromatic amines is 1. The Bertz CT molecular complexity index is 833. The molecule has 0 saturated heterocycles. The molecule has 2 rings (SSSR count). The molecule has 0 fully saturated rings. The summed E-state index contributed by atoms with van der Waals surface area (Å²) in [5.74, 6) is 0.528. The maximum atomic E-state index is 12.0. The van der Waals surface area contributed by atoms with Crippen LogP contribution in [0.15, 0.2) is 39.9 Å². The summed E-state index contributed by atoms with van der Waals surface area (Å²) < 4.78 is 1.54. The van der Waals surface area contributed by atoms with E-state index in [2.05, 4.69) is 15.2 Å². The average Bonchev–Trinajstić information content (AvgIpc) is 2.66. The van der Waals surface area contributed by atoms with Gasteiger partial charge in [0.05, 0.1) is 6.61 Å². The number of benzene rings is 1. The molecule has 0 saturated carbocycles. The fourth-order valence-corrected chi connectivity index (χ4v) is 3.22. The van der Waals surface area contributed by atoms with Gasteiger partial charge in [0.2, 0.25) is 0 Å². The summed E-state index contributed by atoms with van der Waals surface area (Å²) in [6.45, 7) is 5.32. The van der Waals surface area contributed by atoms with Crippen LogP contribution in [-0.2, 0) is 13.0 Å². The standard InChI is InChI=1S/C20H29ClN4O3/c1-2-10-25-18(15-19(27)23-20(25)28)22-9-12-24(13-14-26)11-3-4-16-5-7-17(21)8-6-16/h5-8,15,22,26H,2-4,9-14H2,1H3,(H,23,27,28). The fraction of sp³-hybridized carbons (Fsp3) is 0.500. The number of hydrogen-bond acceptors (Lipinski definition) is 5. The molecule has 0 unspecified atom stereocenters. The normalized spacial score (nSPS) is 11.1. The number of rotatable bonds is 12. The Hall–Kier alpha value is -2.09. The highest BCUT2D eigenvalue weighted by atomic mass is 35.5. The third kappa shape index (κ3) is 7.14. The molecular weight excluding hydrogens is 380 g/mol. The molecule has 0 aliphatic carbocycles. The van der Waals surface area contributed by atoms with Crippen LogP contribution in [-0.4, -0.2) is 52.3 Å². The monoisotopic (exact) mass is 408 g/mol. The van der Waals surface area contributed by atoms with E-state index in [9.17, 15) is 14.7 Å². The van der Waals surface area contributed by atoms with Gasteiger partial charge in [-0.25, -0.2) is 4.79 Å². The molecule has 154 valence electrons. The third-order valence-corrected chi connectivity index (χ3v) is 4.74. The van der Waals surface area contributed by atoms with Gasteiger partial charge in [0, 0.05) is 37.3 Å². The lowest BCUT2D eigenvalue weighted by molar-refractivity contribution is 0.199. The van der Waals surface area contributed by atoms with Gasteiger partial charge in [-0.15, -0.1) is 0 Å². The van der Waals surface area contributed by atoms with Crippen molar-refractivity contribution in [3.63, 3.8) is 0 Å². The predicted octanol–water partition coefficient (Wildman–Crippen LogP) is 1.94. The van der Waals surface area contributed by atoms with Crippen molar-refractivity contribution in [3.05, 3.63) is 61.8 Å². The molecule has 0 aliphatic rings. The lowest BCUT2D eigenvalue weighted by Gasteiger charge is -2.22. The van der Waals surface area contributed by atoms with E-state index in [-0.39, 0.29) is 6.61 Å². The van der Waals surface area contributed by atoms with Gasteiger partial charge in [-0.1, -0.05) is 30.7 Å². The van der Waals surface area contributed by atoms with Crippen molar-refractivity contribution < 1.29 is 5.11 Å². The van der Waals surface area contributed by atoms with E-state index in [0.717, 1.165) is 30.8 Å². The molecule has 0 spiro atoms. The molecule has 28 heavy (non-hydrogen) atoms. The number of H-pyrrole nitrogens is 1. The molecule has 3 N–H and O–H groups in total. The molecule has 0 aliphatic heterocycles. The summed E-state index contributed by atoms with van der Waals surface area (Å²) in [5.41, 5.74) is 0.431. The van der Waals surface area contributed by atoms with E-state index in [1.165, 1.54) is 16.2 Å². The molecular formula is C20H29ClN4O3. The SMILES string of the molecule is CCCn1c(NCCN(CCO)CCCc2ccc(Cl)cc2)cc(=O)[nH]c1=O. The zero-order chi connectivity index (χ0) is 20.4. The second kappa shape index (κ2) is 11.7. The summed E-state index contributed by atoms with van der Waals surface area (Å²) in [4.78, 5) is 28.0. The Labute approximate surface area is 170 Å². The van der Waals surface area contributed by atoms with Crippen molar-refractivity contribution in [1.29, 1.82) is 0 Å². The molecule has 0 radical (unpaired) electrons. The van der Waals surface area contributed by atoms with E-state index >= 15 is 0 Å². The van der Waals surface area contributed by atoms with Crippen LogP contribution in [0.2, 0.25) is 5.02 Å². The number of nitrogens with one attached hydrogen (secondary N) is 2. The van der Waals surface area contributed by atoms with Crippen LogP contribution in [0.5, 0.6) is 0 Å². The van der Waals surface area contributed by atoms with Crippen LogP contribution in [0.1, 0.15) is 25.3 Å². The molecule has 8 heteroatoms. The maximum absolute atomic E-state index is 12.0. The topological polar surface area (TPSA) is 90.4 Å². The van der Waals surface area contributed by atoms with Crippen molar-refractivity contribution in [1.82, 2.24) is 14.5 Å². The Morgan fingerprint density at radius 3 is 2.61 bits per heavy atom. The van der Waals surface area contributed by atoms with Crippen molar-refractivity contribution in [2.45, 2.75) is 32.7 Å². The minimum absolute atomic E-state index is 0.0898. The van der Waals surface area contributed by atoms with Gasteiger partial charge >= 0.3 is 5.69 Å². The van der Waals surface area contributed by atoms with Gasteiger partial charge in [-0.2, -0.15) is 0 Å². The lowest BCUT2D eigenvalue weighted by Crippen LogP contribution is -2.35. The lowest BCUT2D eigenvalue weighted by atomic mass is 10.1. The average molecular weight is 409 g/mol. The molecule has 1 heterocycles. The molecule has 0 amide bonds. The minimum Gasteiger partial charge on any atom is -0.395 e. The first-order valence-corrected chi connectivity index (χ1v) is 10.1. The van der Waals surface area contributed by atoms with Crippen molar-refractivity contribution in [2.75, 3.05) is 38.1 Å². The first kappa shape index (κ1) is 22.2. The first-order valence-electron chi connectivity index (χ1n) is 9.69. The Morgan fingerprint density at radius 2 is 1.93 bits per heavy atom. The Morgan fingerprint density at radius 1 is 1.18 bits per heavy atom. The number of hydrogen-bond donors (Lipinski definition) is 3. The van der Waals surface area contributed by atoms with E-state index < -0.39 is 11.2 Å². The summed E-state index contributed by atoms with van der Waals surface area (Å²) in [5, 5.41) is 13.2. The summed E-state index contributed by atoms with van der Waals surface area (Å²) in [7, 11) is 0. The molecule has 2 aromatic rings. The smallest absolute Gasteiger partial charge is 0.329 e. The number of aliphatic hydroxyl groups excluding tert-OH is 1. The van der Waals surface area contributed by atoms with Gasteiger partial charge in [-0.3, -0.25) is 19.2 Å². The van der Waals surface area contributed by atoms with Crippen molar-refractivity contribution in [3.8, 4) is 0 Å². The molecule has 0 bridgehead atoms. The van der Waals surface area contributed by atoms with Crippen LogP contribution >= 0.6 is 11.6 Å². The molecule has 7 nitrogen and oxygen atoms in total. The van der Waals surface area contributed by atoms with Gasteiger partial charge in [0.25, 0.3) is 5.56 Å². The summed E-state index contributed by atoms with van der Waals surface area (Å²) >= 11 is 5.91. The zero-order valence-electron chi connectivity index (χ0n) is 16.3. The number of halogens is 1. The third-order valence-electron chi connectivity index (χ3n) is 4.48. The second-order valence-corrected chi connectivity index (χ2v) is 7.13. The maximum Gasteiger partial charge on any atom is 0.329 e. The van der Waals surface area contributed by atoms with Gasteiger partial charge in [0.1, 0.15) is 5.82 Å².